The van der Waals surface area contributed by atoms with Crippen LogP contribution in [0.15, 0.2) is 23.2 Å². The minimum atomic E-state index is -0.730. The first-order chi connectivity index (χ1) is 15.6. The van der Waals surface area contributed by atoms with E-state index in [9.17, 15) is 5.11 Å². The quantitative estimate of drug-likeness (QED) is 0.236. The lowest BCUT2D eigenvalue weighted by molar-refractivity contribution is 0.160. The first-order valence-corrected chi connectivity index (χ1v) is 12.3. The predicted molar refractivity (Wildman–Crippen MR) is 145 cm³/mol. The lowest BCUT2D eigenvalue weighted by Gasteiger charge is -2.36. The maximum atomic E-state index is 10.7. The normalized spacial score (nSPS) is 19.5. The van der Waals surface area contributed by atoms with Gasteiger partial charge in [0.2, 0.25) is 0 Å². The number of guanidine groups is 1. The molecule has 7 nitrogen and oxygen atoms in total. The summed E-state index contributed by atoms with van der Waals surface area (Å²) in [6, 6.07) is 5.87. The highest BCUT2D eigenvalue weighted by Crippen LogP contribution is 2.27. The second-order valence-corrected chi connectivity index (χ2v) is 9.10. The number of hydrogen-bond acceptors (Lipinski definition) is 5. The van der Waals surface area contributed by atoms with Crippen molar-refractivity contribution < 1.29 is 14.6 Å². The third kappa shape index (κ3) is 9.13. The van der Waals surface area contributed by atoms with E-state index in [-0.39, 0.29) is 30.5 Å². The molecule has 1 saturated heterocycles. The van der Waals surface area contributed by atoms with Gasteiger partial charge in [-0.05, 0) is 56.2 Å². The number of nitrogens with one attached hydrogen (secondary N) is 2. The van der Waals surface area contributed by atoms with Crippen LogP contribution in [0.25, 0.3) is 0 Å². The number of methoxy groups -OCH3 is 2. The smallest absolute Gasteiger partial charge is 0.191 e. The number of piperidine rings is 1. The Morgan fingerprint density at radius 1 is 1.06 bits per heavy atom. The molecule has 3 N–H and O–H groups in total. The summed E-state index contributed by atoms with van der Waals surface area (Å²) >= 11 is 0. The number of rotatable bonds is 9. The van der Waals surface area contributed by atoms with E-state index in [1.54, 1.807) is 20.3 Å². The van der Waals surface area contributed by atoms with E-state index in [0.717, 1.165) is 49.9 Å². The SMILES string of the molecule is CCNC(=NCC(O)c1cc(OC)cc(OC)c1)NC1CCN(CC2CCCCC2)CC1.I. The van der Waals surface area contributed by atoms with Crippen LogP contribution >= 0.6 is 24.0 Å². The fourth-order valence-corrected chi connectivity index (χ4v) is 4.81. The second kappa shape index (κ2) is 14.9. The third-order valence-electron chi connectivity index (χ3n) is 6.69. The summed E-state index contributed by atoms with van der Waals surface area (Å²) in [4.78, 5) is 7.31. The number of aliphatic imine (C=N–C) groups is 1. The number of likely N-dealkylation sites (tertiary alicyclic amines) is 1. The van der Waals surface area contributed by atoms with Gasteiger partial charge < -0.3 is 30.1 Å². The lowest BCUT2D eigenvalue weighted by Crippen LogP contribution is -2.49. The molecule has 0 bridgehead atoms. The topological polar surface area (TPSA) is 78.4 Å². The van der Waals surface area contributed by atoms with Crippen LogP contribution in [0.1, 0.15) is 63.5 Å². The van der Waals surface area contributed by atoms with Crippen molar-refractivity contribution in [3.8, 4) is 11.5 Å². The van der Waals surface area contributed by atoms with Gasteiger partial charge in [0.05, 0.1) is 26.9 Å². The van der Waals surface area contributed by atoms with E-state index in [1.807, 2.05) is 12.1 Å². The molecule has 0 radical (unpaired) electrons. The first kappa shape index (κ1) is 28.0. The van der Waals surface area contributed by atoms with E-state index in [0.29, 0.717) is 17.5 Å². The molecule has 8 heteroatoms. The van der Waals surface area contributed by atoms with E-state index >= 15 is 0 Å². The molecule has 2 fully saturated rings. The van der Waals surface area contributed by atoms with Crippen LogP contribution in [0, 0.1) is 5.92 Å². The molecule has 1 aliphatic heterocycles. The van der Waals surface area contributed by atoms with Gasteiger partial charge in [-0.25, -0.2) is 0 Å². The van der Waals surface area contributed by atoms with Crippen molar-refractivity contribution in [1.29, 1.82) is 0 Å². The van der Waals surface area contributed by atoms with Crippen molar-refractivity contribution in [2.45, 2.75) is 64.0 Å². The Bertz CT molecular complexity index is 697. The van der Waals surface area contributed by atoms with Crippen LogP contribution < -0.4 is 20.1 Å². The van der Waals surface area contributed by atoms with E-state index in [1.165, 1.54) is 38.6 Å². The Hall–Kier alpha value is -1.26. The summed E-state index contributed by atoms with van der Waals surface area (Å²) in [6.07, 6.45) is 8.62. The molecule has 1 aliphatic carbocycles. The minimum Gasteiger partial charge on any atom is -0.497 e. The Labute approximate surface area is 216 Å². The van der Waals surface area contributed by atoms with E-state index < -0.39 is 6.10 Å². The summed E-state index contributed by atoms with van der Waals surface area (Å²) in [5, 5.41) is 17.6. The van der Waals surface area contributed by atoms with Gasteiger partial charge in [0.15, 0.2) is 5.96 Å². The van der Waals surface area contributed by atoms with Gasteiger partial charge in [-0.1, -0.05) is 19.3 Å². The van der Waals surface area contributed by atoms with Crippen molar-refractivity contribution in [2.75, 3.05) is 46.9 Å². The molecule has 188 valence electrons. The average Bonchev–Trinajstić information content (AvgIpc) is 2.84. The number of aliphatic hydroxyl groups is 1. The monoisotopic (exact) mass is 574 g/mol. The molecule has 0 aromatic heterocycles. The molecule has 1 heterocycles. The predicted octanol–water partition coefficient (Wildman–Crippen LogP) is 3.96. The maximum absolute atomic E-state index is 10.7. The molecular weight excluding hydrogens is 531 g/mol. The first-order valence-electron chi connectivity index (χ1n) is 12.3. The third-order valence-corrected chi connectivity index (χ3v) is 6.69. The lowest BCUT2D eigenvalue weighted by atomic mass is 9.88. The molecular formula is C25H43IN4O3. The van der Waals surface area contributed by atoms with Crippen molar-refractivity contribution in [3.63, 3.8) is 0 Å². The Morgan fingerprint density at radius 2 is 1.70 bits per heavy atom. The zero-order valence-corrected chi connectivity index (χ0v) is 22.8. The molecule has 1 unspecified atom stereocenters. The molecule has 1 aromatic rings. The van der Waals surface area contributed by atoms with Gasteiger partial charge in [-0.2, -0.15) is 0 Å². The Balaban J connectivity index is 0.00000385. The van der Waals surface area contributed by atoms with Gasteiger partial charge in [0.25, 0.3) is 0 Å². The van der Waals surface area contributed by atoms with Crippen LogP contribution in [0.4, 0.5) is 0 Å². The highest BCUT2D eigenvalue weighted by atomic mass is 127. The Kier molecular flexibility index (Phi) is 12.6. The maximum Gasteiger partial charge on any atom is 0.191 e. The number of halogens is 1. The summed E-state index contributed by atoms with van der Waals surface area (Å²) in [5.41, 5.74) is 0.733. The van der Waals surface area contributed by atoms with Gasteiger partial charge in [0.1, 0.15) is 11.5 Å². The molecule has 1 aromatic carbocycles. The van der Waals surface area contributed by atoms with Crippen molar-refractivity contribution in [1.82, 2.24) is 15.5 Å². The molecule has 0 amide bonds. The molecule has 1 saturated carbocycles. The molecule has 33 heavy (non-hydrogen) atoms. The van der Waals surface area contributed by atoms with Crippen molar-refractivity contribution in [2.24, 2.45) is 10.9 Å². The second-order valence-electron chi connectivity index (χ2n) is 9.10. The summed E-state index contributed by atoms with van der Waals surface area (Å²) in [7, 11) is 3.22. The number of benzene rings is 1. The number of aliphatic hydroxyl groups excluding tert-OH is 1. The molecule has 2 aliphatic rings. The van der Waals surface area contributed by atoms with Crippen LogP contribution in [-0.4, -0.2) is 69.0 Å². The molecule has 3 rings (SSSR count). The standard InChI is InChI=1S/C25H42N4O3.HI/c1-4-26-25(27-17-24(30)20-14-22(31-2)16-23(15-20)32-3)28-21-10-12-29(13-11-21)18-19-8-6-5-7-9-19;/h14-16,19,21,24,30H,4-13,17-18H2,1-3H3,(H2,26,27,28);1H. The Morgan fingerprint density at radius 3 is 2.27 bits per heavy atom. The number of hydrogen-bond donors (Lipinski definition) is 3. The summed E-state index contributed by atoms with van der Waals surface area (Å²) in [6.45, 7) is 6.70. The fourth-order valence-electron chi connectivity index (χ4n) is 4.81. The zero-order chi connectivity index (χ0) is 22.8. The van der Waals surface area contributed by atoms with Gasteiger partial charge >= 0.3 is 0 Å². The van der Waals surface area contributed by atoms with Crippen molar-refractivity contribution >= 4 is 29.9 Å². The number of nitrogens with zero attached hydrogens (tertiary/aromatic N) is 2. The van der Waals surface area contributed by atoms with Crippen LogP contribution in [0.2, 0.25) is 0 Å². The van der Waals surface area contributed by atoms with Crippen LogP contribution in [0.5, 0.6) is 11.5 Å². The van der Waals surface area contributed by atoms with Gasteiger partial charge in [-0.15, -0.1) is 24.0 Å². The highest BCUT2D eigenvalue weighted by molar-refractivity contribution is 14.0. The van der Waals surface area contributed by atoms with Crippen molar-refractivity contribution in [3.05, 3.63) is 23.8 Å². The minimum absolute atomic E-state index is 0. The number of ether oxygens (including phenoxy) is 2. The molecule has 1 atom stereocenters. The largest absolute Gasteiger partial charge is 0.497 e. The van der Waals surface area contributed by atoms with E-state index in [4.69, 9.17) is 9.47 Å². The van der Waals surface area contributed by atoms with Gasteiger partial charge in [0, 0.05) is 38.3 Å². The van der Waals surface area contributed by atoms with Crippen LogP contribution in [0.3, 0.4) is 0 Å². The summed E-state index contributed by atoms with van der Waals surface area (Å²) < 4.78 is 10.6. The highest BCUT2D eigenvalue weighted by Gasteiger charge is 2.23. The van der Waals surface area contributed by atoms with Crippen LogP contribution in [-0.2, 0) is 0 Å². The average molecular weight is 575 g/mol. The zero-order valence-electron chi connectivity index (χ0n) is 20.5. The van der Waals surface area contributed by atoms with Gasteiger partial charge in [-0.3, -0.25) is 4.99 Å². The molecule has 0 spiro atoms. The van der Waals surface area contributed by atoms with E-state index in [2.05, 4.69) is 27.4 Å². The fraction of sp³-hybridized carbons (Fsp3) is 0.720. The summed E-state index contributed by atoms with van der Waals surface area (Å²) in [5.74, 6) is 3.00.